The molecule has 2 aliphatic heterocycles. The Bertz CT molecular complexity index is 1520. The van der Waals surface area contributed by atoms with Gasteiger partial charge >= 0.3 is 6.18 Å². The second-order valence-electron chi connectivity index (χ2n) is 9.67. The number of anilines is 2. The normalized spacial score (nSPS) is 22.3. The van der Waals surface area contributed by atoms with Crippen molar-refractivity contribution in [2.24, 2.45) is 5.92 Å². The molecule has 2 fully saturated rings. The lowest BCUT2D eigenvalue weighted by atomic mass is 9.68. The lowest BCUT2D eigenvalue weighted by Crippen LogP contribution is -2.71. The van der Waals surface area contributed by atoms with Crippen molar-refractivity contribution in [2.45, 2.75) is 44.6 Å². The van der Waals surface area contributed by atoms with Crippen LogP contribution in [0.15, 0.2) is 27.6 Å². The number of hydrogen-bond donors (Lipinski definition) is 2. The topological polar surface area (TPSA) is 92.1 Å². The molecule has 6 rings (SSSR count). The SMILES string of the molecule is Cc1nc2c(nc1Br)c(=O)c1c(n2CC(=O)Nc2ccc(C(F)(F)F)cc2F)CC2C[C@@H]3NCCN1[C@@H]23. The summed E-state index contributed by atoms with van der Waals surface area (Å²) in [6.07, 6.45) is -3.19. The number of rotatable bonds is 3. The fourth-order valence-electron chi connectivity index (χ4n) is 5.77. The van der Waals surface area contributed by atoms with Crippen LogP contribution in [-0.2, 0) is 23.9 Å². The zero-order valence-electron chi connectivity index (χ0n) is 19.5. The van der Waals surface area contributed by atoms with Crippen LogP contribution in [0.25, 0.3) is 11.2 Å². The smallest absolute Gasteiger partial charge is 0.361 e. The number of carbonyl (C=O) groups is 1. The number of nitrogens with one attached hydrogen (secondary N) is 2. The number of hydrogen-bond acceptors (Lipinski definition) is 6. The van der Waals surface area contributed by atoms with E-state index in [-0.39, 0.29) is 34.9 Å². The van der Waals surface area contributed by atoms with Crippen LogP contribution < -0.4 is 21.0 Å². The van der Waals surface area contributed by atoms with Gasteiger partial charge in [-0.15, -0.1) is 0 Å². The minimum absolute atomic E-state index is 0.109. The lowest BCUT2D eigenvalue weighted by molar-refractivity contribution is -0.137. The summed E-state index contributed by atoms with van der Waals surface area (Å²) in [7, 11) is 0. The molecule has 8 nitrogen and oxygen atoms in total. The van der Waals surface area contributed by atoms with Gasteiger partial charge in [0.05, 0.1) is 16.9 Å². The van der Waals surface area contributed by atoms with Gasteiger partial charge in [0.2, 0.25) is 11.3 Å². The van der Waals surface area contributed by atoms with E-state index >= 15 is 0 Å². The molecule has 194 valence electrons. The van der Waals surface area contributed by atoms with Gasteiger partial charge in [0.25, 0.3) is 0 Å². The van der Waals surface area contributed by atoms with Crippen LogP contribution in [0, 0.1) is 18.7 Å². The Labute approximate surface area is 216 Å². The number of halogens is 5. The Kier molecular flexibility index (Phi) is 5.57. The Morgan fingerprint density at radius 1 is 1.30 bits per heavy atom. The molecular formula is C24H21BrF4N6O2. The molecule has 1 aromatic carbocycles. The van der Waals surface area contributed by atoms with Crippen LogP contribution in [0.4, 0.5) is 28.9 Å². The van der Waals surface area contributed by atoms with E-state index in [9.17, 15) is 27.2 Å². The molecule has 2 N–H and O–H groups in total. The maximum Gasteiger partial charge on any atom is 0.416 e. The quantitative estimate of drug-likeness (QED) is 0.461. The predicted octanol–water partition coefficient (Wildman–Crippen LogP) is 3.38. The highest BCUT2D eigenvalue weighted by atomic mass is 79.9. The highest BCUT2D eigenvalue weighted by Crippen LogP contribution is 2.44. The summed E-state index contributed by atoms with van der Waals surface area (Å²) >= 11 is 3.33. The molecule has 1 saturated carbocycles. The number of fused-ring (bicyclic) bond motifs is 3. The van der Waals surface area contributed by atoms with Crippen LogP contribution in [0.1, 0.15) is 23.4 Å². The number of aryl methyl sites for hydroxylation is 1. The third-order valence-corrected chi connectivity index (χ3v) is 8.22. The van der Waals surface area contributed by atoms with Gasteiger partial charge < -0.3 is 20.1 Å². The number of benzene rings is 1. The zero-order valence-corrected chi connectivity index (χ0v) is 21.1. The van der Waals surface area contributed by atoms with Crippen molar-refractivity contribution in [3.8, 4) is 0 Å². The summed E-state index contributed by atoms with van der Waals surface area (Å²) in [5.74, 6) is -1.56. The van der Waals surface area contributed by atoms with E-state index < -0.39 is 23.5 Å². The van der Waals surface area contributed by atoms with Crippen LogP contribution >= 0.6 is 15.9 Å². The second kappa shape index (κ2) is 8.48. The van der Waals surface area contributed by atoms with Gasteiger partial charge in [-0.25, -0.2) is 14.4 Å². The van der Waals surface area contributed by atoms with Crippen LogP contribution in [0.5, 0.6) is 0 Å². The number of pyridine rings is 1. The molecule has 4 heterocycles. The molecule has 0 radical (unpaired) electrons. The van der Waals surface area contributed by atoms with E-state index in [0.717, 1.165) is 19.0 Å². The summed E-state index contributed by atoms with van der Waals surface area (Å²) in [4.78, 5) is 37.8. The van der Waals surface area contributed by atoms with Crippen LogP contribution in [-0.4, -0.2) is 45.6 Å². The van der Waals surface area contributed by atoms with Crippen molar-refractivity contribution in [3.63, 3.8) is 0 Å². The molecule has 37 heavy (non-hydrogen) atoms. The molecule has 3 aliphatic rings. The molecule has 2 aromatic heterocycles. The number of carbonyl (C=O) groups excluding carboxylic acids is 1. The van der Waals surface area contributed by atoms with Gasteiger partial charge in [-0.3, -0.25) is 9.59 Å². The van der Waals surface area contributed by atoms with E-state index in [2.05, 4.69) is 41.4 Å². The van der Waals surface area contributed by atoms with Gasteiger partial charge in [0.1, 0.15) is 22.7 Å². The van der Waals surface area contributed by atoms with Gasteiger partial charge in [0.15, 0.2) is 11.2 Å². The average Bonchev–Trinajstić information content (AvgIpc) is 2.82. The molecular weight excluding hydrogens is 560 g/mol. The highest BCUT2D eigenvalue weighted by Gasteiger charge is 2.51. The number of nitrogens with zero attached hydrogens (tertiary/aromatic N) is 4. The van der Waals surface area contributed by atoms with Gasteiger partial charge in [-0.2, -0.15) is 13.2 Å². The van der Waals surface area contributed by atoms with E-state index in [1.54, 1.807) is 11.5 Å². The molecule has 1 amide bonds. The van der Waals surface area contributed by atoms with Crippen molar-refractivity contribution in [2.75, 3.05) is 23.3 Å². The Hall–Kier alpha value is -3.06. The zero-order chi connectivity index (χ0) is 26.2. The third-order valence-electron chi connectivity index (χ3n) is 7.46. The Morgan fingerprint density at radius 2 is 2.08 bits per heavy atom. The molecule has 1 unspecified atom stereocenters. The molecule has 13 heteroatoms. The van der Waals surface area contributed by atoms with Crippen LogP contribution in [0.3, 0.4) is 0 Å². The summed E-state index contributed by atoms with van der Waals surface area (Å²) in [5, 5.41) is 5.85. The Morgan fingerprint density at radius 3 is 2.81 bits per heavy atom. The standard InChI is InChI=1S/C24H21BrF4N6O2/c1-10-22(25)33-18-21(37)20-16(7-11-6-15-19(11)34(20)5-4-30-15)35(23(18)31-10)9-17(36)32-14-3-2-12(8-13(14)26)24(27,28)29/h2-3,8,11,15,19,30H,4-7,9H2,1H3,(H,32,36)/t11?,15-,19-/m0/s1. The maximum absolute atomic E-state index is 14.4. The maximum atomic E-state index is 14.4. The first kappa shape index (κ1) is 24.3. The van der Waals surface area contributed by atoms with Crippen molar-refractivity contribution >= 4 is 44.4 Å². The first-order chi connectivity index (χ1) is 17.5. The summed E-state index contributed by atoms with van der Waals surface area (Å²) in [6, 6.07) is 2.43. The van der Waals surface area contributed by atoms with Gasteiger partial charge in [-0.05, 0) is 59.8 Å². The molecule has 1 saturated heterocycles. The predicted molar refractivity (Wildman–Crippen MR) is 131 cm³/mol. The third kappa shape index (κ3) is 3.90. The molecule has 0 bridgehead atoms. The first-order valence-electron chi connectivity index (χ1n) is 11.8. The summed E-state index contributed by atoms with van der Waals surface area (Å²) in [6.45, 7) is 2.75. The monoisotopic (exact) mass is 580 g/mol. The summed E-state index contributed by atoms with van der Waals surface area (Å²) in [5.41, 5.74) is 0.255. The Balaban J connectivity index is 1.42. The van der Waals surface area contributed by atoms with E-state index in [0.29, 0.717) is 58.7 Å². The van der Waals surface area contributed by atoms with Crippen LogP contribution in [0.2, 0.25) is 0 Å². The van der Waals surface area contributed by atoms with Crippen molar-refractivity contribution in [3.05, 3.63) is 55.8 Å². The molecule has 0 spiro atoms. The second-order valence-corrected chi connectivity index (χ2v) is 10.4. The van der Waals surface area contributed by atoms with E-state index in [1.165, 1.54) is 0 Å². The minimum atomic E-state index is -4.70. The van der Waals surface area contributed by atoms with Crippen molar-refractivity contribution < 1.29 is 22.4 Å². The average molecular weight is 581 g/mol. The molecule has 3 aromatic rings. The van der Waals surface area contributed by atoms with E-state index in [1.807, 2.05) is 0 Å². The van der Waals surface area contributed by atoms with Crippen molar-refractivity contribution in [1.82, 2.24) is 19.9 Å². The number of amides is 1. The van der Waals surface area contributed by atoms with E-state index in [4.69, 9.17) is 0 Å². The molecule has 3 atom stereocenters. The summed E-state index contributed by atoms with van der Waals surface area (Å²) < 4.78 is 55.1. The number of aromatic nitrogens is 3. The lowest BCUT2D eigenvalue weighted by Gasteiger charge is -2.58. The minimum Gasteiger partial charge on any atom is -0.361 e. The number of alkyl halides is 3. The van der Waals surface area contributed by atoms with Gasteiger partial charge in [0, 0.05) is 30.9 Å². The highest BCUT2D eigenvalue weighted by molar-refractivity contribution is 9.10. The largest absolute Gasteiger partial charge is 0.416 e. The van der Waals surface area contributed by atoms with Crippen molar-refractivity contribution in [1.29, 1.82) is 0 Å². The molecule has 1 aliphatic carbocycles. The first-order valence-corrected chi connectivity index (χ1v) is 12.6. The number of piperazine rings is 1. The fourth-order valence-corrected chi connectivity index (χ4v) is 6.04. The van der Waals surface area contributed by atoms with Gasteiger partial charge in [-0.1, -0.05) is 0 Å². The fraction of sp³-hybridized carbons (Fsp3) is 0.417.